The molecule has 1 amide bonds. The van der Waals surface area contributed by atoms with Crippen LogP contribution in [0.15, 0.2) is 29.4 Å². The maximum absolute atomic E-state index is 11.6. The molecule has 1 heterocycles. The SMILES string of the molecule is CN=C(NCCC(=O)NC(C)C)NCCc1c[nH]c2cc(C)ccc12. The largest absolute Gasteiger partial charge is 0.361 e. The number of amides is 1. The Kier molecular flexibility index (Phi) is 6.86. The number of nitrogens with zero attached hydrogens (tertiary/aromatic N) is 1. The van der Waals surface area contributed by atoms with E-state index in [-0.39, 0.29) is 11.9 Å². The van der Waals surface area contributed by atoms with Crippen molar-refractivity contribution in [2.45, 2.75) is 39.7 Å². The molecule has 0 aliphatic carbocycles. The summed E-state index contributed by atoms with van der Waals surface area (Å²) in [7, 11) is 1.73. The number of aliphatic imine (C=N–C) groups is 1. The second-order valence-corrected chi connectivity index (χ2v) is 6.51. The number of aromatic nitrogens is 1. The summed E-state index contributed by atoms with van der Waals surface area (Å²) >= 11 is 0. The van der Waals surface area contributed by atoms with Gasteiger partial charge in [-0.1, -0.05) is 12.1 Å². The van der Waals surface area contributed by atoms with Gasteiger partial charge in [-0.25, -0.2) is 0 Å². The van der Waals surface area contributed by atoms with Gasteiger partial charge in [0.1, 0.15) is 0 Å². The van der Waals surface area contributed by atoms with E-state index in [9.17, 15) is 4.79 Å². The van der Waals surface area contributed by atoms with E-state index in [2.05, 4.69) is 57.2 Å². The molecule has 0 saturated heterocycles. The molecule has 0 aliphatic rings. The number of aromatic amines is 1. The summed E-state index contributed by atoms with van der Waals surface area (Å²) in [6.07, 6.45) is 3.40. The molecular formula is C19H29N5O. The summed E-state index contributed by atoms with van der Waals surface area (Å²) in [5, 5.41) is 10.6. The summed E-state index contributed by atoms with van der Waals surface area (Å²) in [5.74, 6) is 0.764. The number of carbonyl (C=O) groups excluding carboxylic acids is 1. The number of aryl methyl sites for hydroxylation is 1. The molecule has 1 aromatic carbocycles. The predicted molar refractivity (Wildman–Crippen MR) is 104 cm³/mol. The first kappa shape index (κ1) is 18.8. The van der Waals surface area contributed by atoms with Crippen LogP contribution in [-0.2, 0) is 11.2 Å². The van der Waals surface area contributed by atoms with Gasteiger partial charge in [-0.2, -0.15) is 0 Å². The molecule has 0 atom stereocenters. The van der Waals surface area contributed by atoms with E-state index < -0.39 is 0 Å². The van der Waals surface area contributed by atoms with Crippen molar-refractivity contribution in [2.75, 3.05) is 20.1 Å². The molecule has 1 aromatic heterocycles. The van der Waals surface area contributed by atoms with Gasteiger partial charge in [0, 0.05) is 49.7 Å². The first-order valence-electron chi connectivity index (χ1n) is 8.80. The summed E-state index contributed by atoms with van der Waals surface area (Å²) in [6, 6.07) is 6.63. The minimum absolute atomic E-state index is 0.0482. The lowest BCUT2D eigenvalue weighted by Crippen LogP contribution is -2.40. The molecule has 2 rings (SSSR count). The lowest BCUT2D eigenvalue weighted by atomic mass is 10.1. The van der Waals surface area contributed by atoms with Crippen LogP contribution in [0.2, 0.25) is 0 Å². The third-order valence-corrected chi connectivity index (χ3v) is 3.93. The van der Waals surface area contributed by atoms with Crippen LogP contribution >= 0.6 is 0 Å². The Morgan fingerprint density at radius 3 is 2.72 bits per heavy atom. The second kappa shape index (κ2) is 9.11. The van der Waals surface area contributed by atoms with Crippen LogP contribution in [0.1, 0.15) is 31.4 Å². The Labute approximate surface area is 149 Å². The van der Waals surface area contributed by atoms with Crippen LogP contribution in [0.25, 0.3) is 10.9 Å². The zero-order valence-corrected chi connectivity index (χ0v) is 15.6. The van der Waals surface area contributed by atoms with Crippen LogP contribution in [0, 0.1) is 6.92 Å². The van der Waals surface area contributed by atoms with Gasteiger partial charge in [-0.05, 0) is 44.4 Å². The summed E-state index contributed by atoms with van der Waals surface area (Å²) in [6.45, 7) is 7.34. The Balaban J connectivity index is 1.76. The van der Waals surface area contributed by atoms with Crippen molar-refractivity contribution in [3.05, 3.63) is 35.5 Å². The van der Waals surface area contributed by atoms with Crippen LogP contribution in [-0.4, -0.2) is 43.0 Å². The third-order valence-electron chi connectivity index (χ3n) is 3.93. The topological polar surface area (TPSA) is 81.3 Å². The van der Waals surface area contributed by atoms with E-state index in [0.717, 1.165) is 13.0 Å². The second-order valence-electron chi connectivity index (χ2n) is 6.51. The molecule has 0 aliphatic heterocycles. The van der Waals surface area contributed by atoms with E-state index >= 15 is 0 Å². The minimum Gasteiger partial charge on any atom is -0.361 e. The maximum atomic E-state index is 11.6. The van der Waals surface area contributed by atoms with Gasteiger partial charge in [0.15, 0.2) is 5.96 Å². The van der Waals surface area contributed by atoms with Crippen molar-refractivity contribution in [1.82, 2.24) is 20.9 Å². The van der Waals surface area contributed by atoms with Crippen molar-refractivity contribution in [1.29, 1.82) is 0 Å². The third kappa shape index (κ3) is 5.81. The Morgan fingerprint density at radius 1 is 1.24 bits per heavy atom. The quantitative estimate of drug-likeness (QED) is 0.459. The van der Waals surface area contributed by atoms with Gasteiger partial charge in [-0.3, -0.25) is 9.79 Å². The molecule has 0 fully saturated rings. The Bertz CT molecular complexity index is 732. The number of hydrogen-bond donors (Lipinski definition) is 4. The number of H-pyrrole nitrogens is 1. The smallest absolute Gasteiger partial charge is 0.221 e. The molecule has 0 bridgehead atoms. The highest BCUT2D eigenvalue weighted by atomic mass is 16.1. The average Bonchev–Trinajstić information content (AvgIpc) is 2.94. The molecule has 2 aromatic rings. The number of fused-ring (bicyclic) bond motifs is 1. The Morgan fingerprint density at radius 2 is 2.00 bits per heavy atom. The molecular weight excluding hydrogens is 314 g/mol. The monoisotopic (exact) mass is 343 g/mol. The zero-order chi connectivity index (χ0) is 18.2. The van der Waals surface area contributed by atoms with Gasteiger partial charge in [0.2, 0.25) is 5.91 Å². The van der Waals surface area contributed by atoms with Crippen LogP contribution in [0.3, 0.4) is 0 Å². The van der Waals surface area contributed by atoms with Crippen molar-refractivity contribution in [3.63, 3.8) is 0 Å². The molecule has 25 heavy (non-hydrogen) atoms. The number of hydrogen-bond acceptors (Lipinski definition) is 2. The molecule has 0 unspecified atom stereocenters. The standard InChI is InChI=1S/C19H29N5O/c1-13(2)24-18(25)8-10-22-19(20-4)21-9-7-15-12-23-17-11-14(3)5-6-16(15)17/h5-6,11-13,23H,7-10H2,1-4H3,(H,24,25)(H2,20,21,22). The molecule has 6 heteroatoms. The average molecular weight is 343 g/mol. The van der Waals surface area contributed by atoms with Gasteiger partial charge in [0.25, 0.3) is 0 Å². The normalized spacial score (nSPS) is 11.8. The first-order chi connectivity index (χ1) is 12.0. The highest BCUT2D eigenvalue weighted by molar-refractivity contribution is 5.84. The highest BCUT2D eigenvalue weighted by Crippen LogP contribution is 2.19. The summed E-state index contributed by atoms with van der Waals surface area (Å²) in [4.78, 5) is 19.1. The predicted octanol–water partition coefficient (Wildman–Crippen LogP) is 2.10. The van der Waals surface area contributed by atoms with Crippen LogP contribution in [0.5, 0.6) is 0 Å². The number of nitrogens with one attached hydrogen (secondary N) is 4. The maximum Gasteiger partial charge on any atom is 0.221 e. The lowest BCUT2D eigenvalue weighted by molar-refractivity contribution is -0.121. The van der Waals surface area contributed by atoms with E-state index in [0.29, 0.717) is 18.9 Å². The van der Waals surface area contributed by atoms with Crippen molar-refractivity contribution in [2.24, 2.45) is 4.99 Å². The number of guanidine groups is 1. The molecule has 4 N–H and O–H groups in total. The van der Waals surface area contributed by atoms with Crippen molar-refractivity contribution < 1.29 is 4.79 Å². The summed E-state index contributed by atoms with van der Waals surface area (Å²) in [5.41, 5.74) is 3.72. The molecule has 0 saturated carbocycles. The first-order valence-corrected chi connectivity index (χ1v) is 8.80. The number of carbonyl (C=O) groups is 1. The van der Waals surface area contributed by atoms with E-state index in [1.54, 1.807) is 7.05 Å². The molecule has 0 spiro atoms. The number of rotatable bonds is 7. The lowest BCUT2D eigenvalue weighted by Gasteiger charge is -2.12. The van der Waals surface area contributed by atoms with Crippen molar-refractivity contribution in [3.8, 4) is 0 Å². The van der Waals surface area contributed by atoms with E-state index in [4.69, 9.17) is 0 Å². The van der Waals surface area contributed by atoms with E-state index in [1.165, 1.54) is 22.0 Å². The fourth-order valence-corrected chi connectivity index (χ4v) is 2.73. The molecule has 6 nitrogen and oxygen atoms in total. The Hall–Kier alpha value is -2.50. The molecule has 136 valence electrons. The van der Waals surface area contributed by atoms with E-state index in [1.807, 2.05) is 13.8 Å². The van der Waals surface area contributed by atoms with Gasteiger partial charge in [-0.15, -0.1) is 0 Å². The van der Waals surface area contributed by atoms with Gasteiger partial charge >= 0.3 is 0 Å². The zero-order valence-electron chi connectivity index (χ0n) is 15.6. The summed E-state index contributed by atoms with van der Waals surface area (Å²) < 4.78 is 0. The fourth-order valence-electron chi connectivity index (χ4n) is 2.73. The molecule has 0 radical (unpaired) electrons. The number of benzene rings is 1. The van der Waals surface area contributed by atoms with Gasteiger partial charge < -0.3 is 20.9 Å². The minimum atomic E-state index is 0.0482. The van der Waals surface area contributed by atoms with Crippen LogP contribution < -0.4 is 16.0 Å². The van der Waals surface area contributed by atoms with Crippen LogP contribution in [0.4, 0.5) is 0 Å². The highest BCUT2D eigenvalue weighted by Gasteiger charge is 2.06. The fraction of sp³-hybridized carbons (Fsp3) is 0.474. The van der Waals surface area contributed by atoms with Gasteiger partial charge in [0.05, 0.1) is 0 Å². The van der Waals surface area contributed by atoms with Crippen molar-refractivity contribution >= 4 is 22.8 Å².